The zero-order valence-electron chi connectivity index (χ0n) is 13.6. The molecule has 0 unspecified atom stereocenters. The molecular weight excluding hydrogens is 383 g/mol. The van der Waals surface area contributed by atoms with Gasteiger partial charge < -0.3 is 0 Å². The summed E-state index contributed by atoms with van der Waals surface area (Å²) in [5.74, 6) is -1.12. The van der Waals surface area contributed by atoms with Crippen LogP contribution in [0.5, 0.6) is 0 Å². The van der Waals surface area contributed by atoms with E-state index >= 15 is 0 Å². The Morgan fingerprint density at radius 1 is 1.33 bits per heavy atom. The number of benzene rings is 1. The number of carbonyl (C=O) groups excluding carboxylic acids is 1. The van der Waals surface area contributed by atoms with Gasteiger partial charge in [-0.25, -0.2) is 0 Å². The number of nitrogens with zero attached hydrogens (tertiary/aromatic N) is 1. The van der Waals surface area contributed by atoms with E-state index < -0.39 is 28.6 Å². The van der Waals surface area contributed by atoms with Gasteiger partial charge in [0.1, 0.15) is 0 Å². The fraction of sp³-hybridized carbons (Fsp3) is 0.467. The second kappa shape index (κ2) is 8.65. The molecule has 1 atom stereocenters. The van der Waals surface area contributed by atoms with Crippen LogP contribution in [0, 0.1) is 10.1 Å². The summed E-state index contributed by atoms with van der Waals surface area (Å²) in [4.78, 5) is 33.0. The van der Waals surface area contributed by atoms with Crippen molar-refractivity contribution in [2.24, 2.45) is 0 Å². The number of non-ortho nitro benzene ring substituents is 1. The van der Waals surface area contributed by atoms with E-state index in [0.717, 1.165) is 5.56 Å². The summed E-state index contributed by atoms with van der Waals surface area (Å²) < 4.78 is 5.05. The number of carboxylic acid groups (broad SMARTS) is 1. The predicted molar refractivity (Wildman–Crippen MR) is 88.2 cm³/mol. The van der Waals surface area contributed by atoms with Crippen LogP contribution in [0.15, 0.2) is 24.3 Å². The first-order valence-electron chi connectivity index (χ1n) is 7.12. The second-order valence-electron chi connectivity index (χ2n) is 5.98. The molecule has 0 aliphatic rings. The number of nitro benzene ring substituents is 1. The summed E-state index contributed by atoms with van der Waals surface area (Å²) in [5, 5.41) is 23.0. The number of rotatable bonds is 7. The molecule has 9 heteroatoms. The molecule has 0 aliphatic carbocycles. The first-order chi connectivity index (χ1) is 11.1. The summed E-state index contributed by atoms with van der Waals surface area (Å²) in [7, 11) is 0. The van der Waals surface area contributed by atoms with Gasteiger partial charge in [0.05, 0.1) is 0 Å². The molecular formula is C15H20N2O6Se. The Morgan fingerprint density at radius 2 is 1.92 bits per heavy atom. The molecule has 1 aromatic carbocycles. The van der Waals surface area contributed by atoms with Crippen LogP contribution in [0.1, 0.15) is 26.3 Å². The molecule has 1 rings (SSSR count). The van der Waals surface area contributed by atoms with E-state index in [1.54, 1.807) is 32.9 Å². The van der Waals surface area contributed by atoms with Crippen molar-refractivity contribution in [3.05, 3.63) is 39.9 Å². The monoisotopic (exact) mass is 404 g/mol. The molecule has 8 nitrogen and oxygen atoms in total. The maximum absolute atomic E-state index is 11.7. The number of aliphatic carboxylic acids is 1. The Morgan fingerprint density at radius 3 is 2.38 bits per heavy atom. The average molecular weight is 403 g/mol. The fourth-order valence-electron chi connectivity index (χ4n) is 1.63. The Labute approximate surface area is 145 Å². The zero-order valence-corrected chi connectivity index (χ0v) is 15.4. The van der Waals surface area contributed by atoms with Gasteiger partial charge in [0.15, 0.2) is 0 Å². The molecule has 0 bridgehead atoms. The molecule has 0 saturated carbocycles. The van der Waals surface area contributed by atoms with Gasteiger partial charge in [0.2, 0.25) is 0 Å². The van der Waals surface area contributed by atoms with Crippen molar-refractivity contribution < 1.29 is 24.4 Å². The molecule has 0 aromatic heterocycles. The normalized spacial score (nSPS) is 12.3. The Hall–Kier alpha value is -2.12. The predicted octanol–water partition coefficient (Wildman–Crippen LogP) is 2.20. The summed E-state index contributed by atoms with van der Waals surface area (Å²) in [5.41, 5.74) is 0.208. The van der Waals surface area contributed by atoms with Gasteiger partial charge in [-0.05, 0) is 0 Å². The third-order valence-corrected chi connectivity index (χ3v) is 5.01. The van der Waals surface area contributed by atoms with Crippen molar-refractivity contribution >= 4 is 32.7 Å². The van der Waals surface area contributed by atoms with Crippen LogP contribution in [0.3, 0.4) is 0 Å². The first kappa shape index (κ1) is 19.9. The van der Waals surface area contributed by atoms with Crippen LogP contribution in [-0.4, -0.2) is 48.7 Å². The first-order valence-corrected chi connectivity index (χ1v) is 9.54. The Balaban J connectivity index is 2.50. The van der Waals surface area contributed by atoms with Crippen LogP contribution in [0.25, 0.3) is 0 Å². The van der Waals surface area contributed by atoms with Gasteiger partial charge in [-0.1, -0.05) is 0 Å². The van der Waals surface area contributed by atoms with Gasteiger partial charge in [-0.2, -0.15) is 0 Å². The van der Waals surface area contributed by atoms with Crippen molar-refractivity contribution in [1.29, 1.82) is 0 Å². The van der Waals surface area contributed by atoms with Crippen molar-refractivity contribution in [2.45, 2.75) is 43.1 Å². The van der Waals surface area contributed by atoms with Gasteiger partial charge in [0.25, 0.3) is 0 Å². The number of ether oxygens (including phenoxy) is 1. The third kappa shape index (κ3) is 7.43. The van der Waals surface area contributed by atoms with Gasteiger partial charge in [-0.15, -0.1) is 0 Å². The Kier molecular flexibility index (Phi) is 7.18. The molecule has 24 heavy (non-hydrogen) atoms. The number of nitrogens with one attached hydrogen (secondary N) is 1. The van der Waals surface area contributed by atoms with E-state index in [2.05, 4.69) is 5.32 Å². The van der Waals surface area contributed by atoms with Gasteiger partial charge >= 0.3 is 145 Å². The van der Waals surface area contributed by atoms with Gasteiger partial charge in [0, 0.05) is 0 Å². The van der Waals surface area contributed by atoms with E-state index in [1.165, 1.54) is 12.1 Å². The molecule has 0 spiro atoms. The number of hydrogen-bond donors (Lipinski definition) is 2. The van der Waals surface area contributed by atoms with Crippen molar-refractivity contribution in [2.75, 3.05) is 0 Å². The molecule has 0 saturated heterocycles. The van der Waals surface area contributed by atoms with Crippen LogP contribution in [0.4, 0.5) is 10.5 Å². The summed E-state index contributed by atoms with van der Waals surface area (Å²) in [6.45, 7) is 5.09. The molecule has 0 fully saturated rings. The summed E-state index contributed by atoms with van der Waals surface area (Å²) >= 11 is -0.0891. The number of alkyl carbamates (subject to hydrolysis) is 1. The van der Waals surface area contributed by atoms with Crippen LogP contribution in [0.2, 0.25) is 5.32 Å². The molecule has 1 amide bonds. The quantitative estimate of drug-likeness (QED) is 0.409. The molecule has 132 valence electrons. The van der Waals surface area contributed by atoms with E-state index in [9.17, 15) is 24.8 Å². The van der Waals surface area contributed by atoms with E-state index in [1.807, 2.05) is 0 Å². The summed E-state index contributed by atoms with van der Waals surface area (Å²) in [6.07, 6.45) is -0.763. The second-order valence-corrected chi connectivity index (χ2v) is 8.14. The standard InChI is InChI=1S/C15H20N2O6Se/c1-15(2,3)23-14(20)16-12(13(18)19)9-24-8-10-4-6-11(7-5-10)17(21)22/h4-7,12H,8-9H2,1-3H3,(H,16,20)(H,18,19)/t12-/m0/s1. The SMILES string of the molecule is CC(C)(C)OC(=O)N[C@@H](C[Se]Cc1ccc([N+](=O)[O-])cc1)C(=O)O. The maximum atomic E-state index is 11.7. The van der Waals surface area contributed by atoms with E-state index in [0.29, 0.717) is 10.6 Å². The number of hydrogen-bond acceptors (Lipinski definition) is 5. The topological polar surface area (TPSA) is 119 Å². The minimum absolute atomic E-state index is 0.0151. The van der Waals surface area contributed by atoms with Crippen molar-refractivity contribution in [1.82, 2.24) is 5.32 Å². The molecule has 0 heterocycles. The molecule has 0 radical (unpaired) electrons. The van der Waals surface area contributed by atoms with Crippen LogP contribution < -0.4 is 5.32 Å². The van der Waals surface area contributed by atoms with E-state index in [-0.39, 0.29) is 20.6 Å². The number of carbonyl (C=O) groups is 2. The van der Waals surface area contributed by atoms with Crippen molar-refractivity contribution in [3.8, 4) is 0 Å². The third-order valence-electron chi connectivity index (χ3n) is 2.69. The Bertz CT molecular complexity index is 597. The average Bonchev–Trinajstić information content (AvgIpc) is 2.44. The molecule has 0 aliphatic heterocycles. The van der Waals surface area contributed by atoms with E-state index in [4.69, 9.17) is 4.74 Å². The van der Waals surface area contributed by atoms with Gasteiger partial charge in [-0.3, -0.25) is 0 Å². The molecule has 2 N–H and O–H groups in total. The van der Waals surface area contributed by atoms with Crippen LogP contribution in [-0.2, 0) is 14.9 Å². The summed E-state index contributed by atoms with van der Waals surface area (Å²) in [6, 6.07) is 5.12. The molecule has 1 aromatic rings. The number of amides is 1. The van der Waals surface area contributed by atoms with Crippen molar-refractivity contribution in [3.63, 3.8) is 0 Å². The fourth-order valence-corrected chi connectivity index (χ4v) is 3.75. The minimum atomic E-state index is -1.12. The van der Waals surface area contributed by atoms with Crippen LogP contribution >= 0.6 is 0 Å². The number of carboxylic acids is 1. The number of nitro groups is 1. The zero-order chi connectivity index (χ0) is 18.3.